The largest absolute Gasteiger partial charge is 0.477 e. The monoisotopic (exact) mass is 313 g/mol. The van der Waals surface area contributed by atoms with Crippen LogP contribution in [-0.4, -0.2) is 16.1 Å². The quantitative estimate of drug-likeness (QED) is 0.757. The molecule has 0 aliphatic rings. The van der Waals surface area contributed by atoms with E-state index >= 15 is 0 Å². The molecule has 2 aromatic heterocycles. The molecule has 1 N–H and O–H groups in total. The molecule has 0 spiro atoms. The van der Waals surface area contributed by atoms with Gasteiger partial charge in [-0.3, -0.25) is 0 Å². The number of hydrogen-bond acceptors (Lipinski definition) is 4. The van der Waals surface area contributed by atoms with Crippen LogP contribution in [0.25, 0.3) is 23.4 Å². The van der Waals surface area contributed by atoms with Crippen LogP contribution in [0.3, 0.4) is 0 Å². The van der Waals surface area contributed by atoms with Gasteiger partial charge in [-0.25, -0.2) is 9.78 Å². The maximum Gasteiger partial charge on any atom is 0.348 e. The second-order valence-electron chi connectivity index (χ2n) is 4.29. The highest BCUT2D eigenvalue weighted by atomic mass is 32.1. The molecule has 0 unspecified atom stereocenters. The number of hydrogen-bond donors (Lipinski definition) is 1. The summed E-state index contributed by atoms with van der Waals surface area (Å²) in [4.78, 5) is 16.1. The Labute approximate surface area is 129 Å². The van der Waals surface area contributed by atoms with Crippen LogP contribution in [0.2, 0.25) is 0 Å². The predicted octanol–water partition coefficient (Wildman–Crippen LogP) is 4.74. The lowest BCUT2D eigenvalue weighted by molar-refractivity contribution is 0.0702. The standard InChI is InChI=1S/C16H11NO2S2/c18-16(19)15-14(12-4-2-1-3-5-12)17-13(21-15)7-6-11-8-9-20-10-11/h1-10H,(H,18,19)/b7-6+. The number of carboxylic acids is 1. The Kier molecular flexibility index (Phi) is 3.94. The smallest absolute Gasteiger partial charge is 0.348 e. The van der Waals surface area contributed by atoms with E-state index in [0.29, 0.717) is 10.7 Å². The van der Waals surface area contributed by atoms with Crippen molar-refractivity contribution < 1.29 is 9.90 Å². The molecule has 0 bridgehead atoms. The van der Waals surface area contributed by atoms with Crippen molar-refractivity contribution in [1.29, 1.82) is 0 Å². The number of aromatic nitrogens is 1. The number of thiophene rings is 1. The second kappa shape index (κ2) is 6.03. The van der Waals surface area contributed by atoms with E-state index in [1.807, 2.05) is 59.3 Å². The molecule has 0 atom stereocenters. The van der Waals surface area contributed by atoms with Gasteiger partial charge in [0.2, 0.25) is 0 Å². The fraction of sp³-hybridized carbons (Fsp3) is 0. The molecule has 1 aromatic carbocycles. The van der Waals surface area contributed by atoms with Crippen LogP contribution in [0, 0.1) is 0 Å². The van der Waals surface area contributed by atoms with Gasteiger partial charge in [-0.2, -0.15) is 11.3 Å². The van der Waals surface area contributed by atoms with Gasteiger partial charge in [-0.05, 0) is 28.5 Å². The summed E-state index contributed by atoms with van der Waals surface area (Å²) >= 11 is 2.81. The molecular weight excluding hydrogens is 302 g/mol. The van der Waals surface area contributed by atoms with Crippen LogP contribution in [0.4, 0.5) is 0 Å². The molecule has 0 saturated carbocycles. The fourth-order valence-electron chi connectivity index (χ4n) is 1.88. The first-order valence-electron chi connectivity index (χ1n) is 6.24. The van der Waals surface area contributed by atoms with Gasteiger partial charge in [0.25, 0.3) is 0 Å². The third-order valence-electron chi connectivity index (χ3n) is 2.85. The van der Waals surface area contributed by atoms with E-state index in [1.165, 1.54) is 11.3 Å². The zero-order valence-electron chi connectivity index (χ0n) is 10.9. The number of aromatic carboxylic acids is 1. The van der Waals surface area contributed by atoms with Crippen LogP contribution in [0.1, 0.15) is 20.2 Å². The van der Waals surface area contributed by atoms with Crippen molar-refractivity contribution in [2.75, 3.05) is 0 Å². The average Bonchev–Trinajstić information content (AvgIpc) is 3.15. The topological polar surface area (TPSA) is 50.2 Å². The van der Waals surface area contributed by atoms with Crippen LogP contribution >= 0.6 is 22.7 Å². The van der Waals surface area contributed by atoms with E-state index in [0.717, 1.165) is 11.1 Å². The summed E-state index contributed by atoms with van der Waals surface area (Å²) in [6, 6.07) is 11.4. The summed E-state index contributed by atoms with van der Waals surface area (Å²) in [5.41, 5.74) is 2.44. The first-order chi connectivity index (χ1) is 10.2. The minimum atomic E-state index is -0.943. The van der Waals surface area contributed by atoms with Gasteiger partial charge >= 0.3 is 5.97 Å². The van der Waals surface area contributed by atoms with Gasteiger partial charge in [-0.15, -0.1) is 11.3 Å². The molecular formula is C16H11NO2S2. The Hall–Kier alpha value is -2.24. The van der Waals surface area contributed by atoms with E-state index in [1.54, 1.807) is 11.3 Å². The lowest BCUT2D eigenvalue weighted by Crippen LogP contribution is -1.95. The van der Waals surface area contributed by atoms with Crippen molar-refractivity contribution >= 4 is 40.8 Å². The first-order valence-corrected chi connectivity index (χ1v) is 8.00. The molecule has 0 fully saturated rings. The highest BCUT2D eigenvalue weighted by Gasteiger charge is 2.17. The molecule has 3 rings (SSSR count). The lowest BCUT2D eigenvalue weighted by Gasteiger charge is -1.97. The van der Waals surface area contributed by atoms with Crippen molar-refractivity contribution in [1.82, 2.24) is 4.98 Å². The maximum atomic E-state index is 11.4. The van der Waals surface area contributed by atoms with Crippen molar-refractivity contribution in [3.05, 3.63) is 62.6 Å². The molecule has 5 heteroatoms. The number of nitrogens with zero attached hydrogens (tertiary/aromatic N) is 1. The molecule has 3 nitrogen and oxygen atoms in total. The second-order valence-corrected chi connectivity index (χ2v) is 6.10. The van der Waals surface area contributed by atoms with Crippen LogP contribution in [-0.2, 0) is 0 Å². The third-order valence-corrected chi connectivity index (χ3v) is 4.56. The van der Waals surface area contributed by atoms with Gasteiger partial charge in [0.05, 0.1) is 5.69 Å². The Morgan fingerprint density at radius 3 is 2.62 bits per heavy atom. The van der Waals surface area contributed by atoms with E-state index in [2.05, 4.69) is 4.98 Å². The molecule has 2 heterocycles. The Balaban J connectivity index is 1.99. The summed E-state index contributed by atoms with van der Waals surface area (Å²) in [5, 5.41) is 14.1. The SMILES string of the molecule is O=C(O)c1sc(/C=C/c2ccsc2)nc1-c1ccccc1. The number of carbonyl (C=O) groups is 1. The Morgan fingerprint density at radius 2 is 1.95 bits per heavy atom. The molecule has 0 saturated heterocycles. The average molecular weight is 313 g/mol. The van der Waals surface area contributed by atoms with Gasteiger partial charge in [0.15, 0.2) is 0 Å². The predicted molar refractivity (Wildman–Crippen MR) is 87.8 cm³/mol. The highest BCUT2D eigenvalue weighted by molar-refractivity contribution is 7.15. The molecule has 0 aliphatic heterocycles. The zero-order chi connectivity index (χ0) is 14.7. The number of thiazole rings is 1. The molecule has 104 valence electrons. The molecule has 3 aromatic rings. The maximum absolute atomic E-state index is 11.4. The van der Waals surface area contributed by atoms with Gasteiger partial charge in [-0.1, -0.05) is 36.4 Å². The van der Waals surface area contributed by atoms with E-state index in [4.69, 9.17) is 0 Å². The summed E-state index contributed by atoms with van der Waals surface area (Å²) in [6.07, 6.45) is 3.79. The zero-order valence-corrected chi connectivity index (χ0v) is 12.5. The Morgan fingerprint density at radius 1 is 1.14 bits per heavy atom. The number of rotatable bonds is 4. The van der Waals surface area contributed by atoms with Gasteiger partial charge in [0.1, 0.15) is 9.88 Å². The number of benzene rings is 1. The van der Waals surface area contributed by atoms with Crippen LogP contribution in [0.5, 0.6) is 0 Å². The normalized spacial score (nSPS) is 11.0. The number of carboxylic acid groups (broad SMARTS) is 1. The molecule has 21 heavy (non-hydrogen) atoms. The van der Waals surface area contributed by atoms with Crippen molar-refractivity contribution in [2.24, 2.45) is 0 Å². The van der Waals surface area contributed by atoms with Crippen LogP contribution in [0.15, 0.2) is 47.2 Å². The third kappa shape index (κ3) is 3.09. The van der Waals surface area contributed by atoms with E-state index in [-0.39, 0.29) is 4.88 Å². The van der Waals surface area contributed by atoms with Gasteiger partial charge in [0, 0.05) is 5.56 Å². The van der Waals surface area contributed by atoms with Crippen molar-refractivity contribution in [3.63, 3.8) is 0 Å². The van der Waals surface area contributed by atoms with E-state index in [9.17, 15) is 9.90 Å². The molecule has 0 amide bonds. The van der Waals surface area contributed by atoms with Crippen LogP contribution < -0.4 is 0 Å². The Bertz CT molecular complexity index is 774. The molecule has 0 aliphatic carbocycles. The highest BCUT2D eigenvalue weighted by Crippen LogP contribution is 2.29. The lowest BCUT2D eigenvalue weighted by atomic mass is 10.1. The molecule has 0 radical (unpaired) electrons. The van der Waals surface area contributed by atoms with Crippen molar-refractivity contribution in [3.8, 4) is 11.3 Å². The van der Waals surface area contributed by atoms with E-state index < -0.39 is 5.97 Å². The summed E-state index contributed by atoms with van der Waals surface area (Å²) < 4.78 is 0. The van der Waals surface area contributed by atoms with Crippen molar-refractivity contribution in [2.45, 2.75) is 0 Å². The summed E-state index contributed by atoms with van der Waals surface area (Å²) in [5.74, 6) is -0.943. The summed E-state index contributed by atoms with van der Waals surface area (Å²) in [7, 11) is 0. The minimum absolute atomic E-state index is 0.270. The minimum Gasteiger partial charge on any atom is -0.477 e. The fourth-order valence-corrected chi connectivity index (χ4v) is 3.34. The summed E-state index contributed by atoms with van der Waals surface area (Å²) in [6.45, 7) is 0. The van der Waals surface area contributed by atoms with Gasteiger partial charge < -0.3 is 5.11 Å². The first kappa shape index (κ1) is 13.7.